The number of halogens is 1. The van der Waals surface area contributed by atoms with Crippen LogP contribution in [0.3, 0.4) is 0 Å². The number of hydrogen-bond acceptors (Lipinski definition) is 3. The number of rotatable bonds is 4. The van der Waals surface area contributed by atoms with Gasteiger partial charge < -0.3 is 10.1 Å². The van der Waals surface area contributed by atoms with E-state index >= 15 is 0 Å². The van der Waals surface area contributed by atoms with Crippen molar-refractivity contribution in [1.29, 1.82) is 0 Å². The topological polar surface area (TPSA) is 58.6 Å². The highest BCUT2D eigenvalue weighted by atomic mass is 35.5. The molecule has 1 aromatic carbocycles. The van der Waals surface area contributed by atoms with Gasteiger partial charge in [0.15, 0.2) is 0 Å². The number of urea groups is 1. The van der Waals surface area contributed by atoms with E-state index in [-0.39, 0.29) is 11.6 Å². The molecule has 0 radical (unpaired) electrons. The maximum Gasteiger partial charge on any atom is 0.328 e. The van der Waals surface area contributed by atoms with Gasteiger partial charge in [-0.3, -0.25) is 9.69 Å². The Labute approximate surface area is 122 Å². The molecule has 1 fully saturated rings. The Morgan fingerprint density at radius 3 is 2.70 bits per heavy atom. The molecule has 0 unspecified atom stereocenters. The zero-order valence-corrected chi connectivity index (χ0v) is 12.0. The summed E-state index contributed by atoms with van der Waals surface area (Å²) in [7, 11) is 0. The van der Waals surface area contributed by atoms with E-state index in [1.54, 1.807) is 31.2 Å². The summed E-state index contributed by atoms with van der Waals surface area (Å²) in [5.41, 5.74) is 0.876. The van der Waals surface area contributed by atoms with E-state index in [0.29, 0.717) is 29.5 Å². The van der Waals surface area contributed by atoms with Crippen molar-refractivity contribution in [1.82, 2.24) is 10.2 Å². The highest BCUT2D eigenvalue weighted by Crippen LogP contribution is 2.26. The lowest BCUT2D eigenvalue weighted by Gasteiger charge is -2.08. The third-order valence-electron chi connectivity index (χ3n) is 2.85. The quantitative estimate of drug-likeness (QED) is 0.686. The summed E-state index contributed by atoms with van der Waals surface area (Å²) in [4.78, 5) is 24.7. The molecule has 0 spiro atoms. The van der Waals surface area contributed by atoms with Crippen LogP contribution in [0.15, 0.2) is 23.9 Å². The number of imide groups is 1. The molecule has 0 atom stereocenters. The zero-order chi connectivity index (χ0) is 14.7. The largest absolute Gasteiger partial charge is 0.493 e. The first-order valence-corrected chi connectivity index (χ1v) is 6.71. The van der Waals surface area contributed by atoms with Crippen molar-refractivity contribution in [2.45, 2.75) is 13.8 Å². The normalized spacial score (nSPS) is 16.8. The monoisotopic (exact) mass is 294 g/mol. The van der Waals surface area contributed by atoms with Gasteiger partial charge in [-0.2, -0.15) is 0 Å². The van der Waals surface area contributed by atoms with Crippen molar-refractivity contribution in [3.8, 4) is 5.75 Å². The number of benzene rings is 1. The summed E-state index contributed by atoms with van der Waals surface area (Å²) in [6.07, 6.45) is 1.58. The van der Waals surface area contributed by atoms with Crippen molar-refractivity contribution < 1.29 is 14.3 Å². The van der Waals surface area contributed by atoms with Gasteiger partial charge in [-0.15, -0.1) is 0 Å². The van der Waals surface area contributed by atoms with Crippen molar-refractivity contribution in [3.63, 3.8) is 0 Å². The van der Waals surface area contributed by atoms with Crippen molar-refractivity contribution >= 4 is 29.6 Å². The average Bonchev–Trinajstić information content (AvgIpc) is 2.67. The SMILES string of the molecule is CCOc1ccc(Cl)cc1/C=C1\NC(=O)N(CC)C1=O. The molecule has 1 aliphatic rings. The molecule has 1 heterocycles. The Morgan fingerprint density at radius 2 is 2.10 bits per heavy atom. The number of carbonyl (C=O) groups excluding carboxylic acids is 2. The molecule has 1 N–H and O–H groups in total. The van der Waals surface area contributed by atoms with Crippen LogP contribution < -0.4 is 10.1 Å². The lowest BCUT2D eigenvalue weighted by Crippen LogP contribution is -2.30. The first-order chi connectivity index (χ1) is 9.56. The fourth-order valence-corrected chi connectivity index (χ4v) is 2.11. The first-order valence-electron chi connectivity index (χ1n) is 6.33. The molecule has 3 amide bonds. The third-order valence-corrected chi connectivity index (χ3v) is 3.09. The average molecular weight is 295 g/mol. The van der Waals surface area contributed by atoms with Gasteiger partial charge in [0, 0.05) is 17.1 Å². The van der Waals surface area contributed by atoms with Crippen molar-refractivity contribution in [2.24, 2.45) is 0 Å². The van der Waals surface area contributed by atoms with Crippen molar-refractivity contribution in [2.75, 3.05) is 13.2 Å². The molecule has 0 aromatic heterocycles. The summed E-state index contributed by atoms with van der Waals surface area (Å²) in [5, 5.41) is 3.07. The van der Waals surface area contributed by atoms with Gasteiger partial charge in [0.2, 0.25) is 0 Å². The second kappa shape index (κ2) is 5.96. The molecule has 0 bridgehead atoms. The zero-order valence-electron chi connectivity index (χ0n) is 11.3. The van der Waals surface area contributed by atoms with E-state index < -0.39 is 6.03 Å². The van der Waals surface area contributed by atoms with E-state index in [2.05, 4.69) is 5.32 Å². The minimum absolute atomic E-state index is 0.222. The van der Waals surface area contributed by atoms with Crippen LogP contribution in [-0.4, -0.2) is 30.0 Å². The highest BCUT2D eigenvalue weighted by Gasteiger charge is 2.32. The molecule has 1 saturated heterocycles. The molecule has 1 aromatic rings. The molecule has 5 nitrogen and oxygen atoms in total. The molecular weight excluding hydrogens is 280 g/mol. The van der Waals surface area contributed by atoms with Gasteiger partial charge >= 0.3 is 6.03 Å². The van der Waals surface area contributed by atoms with Gasteiger partial charge in [0.1, 0.15) is 11.4 Å². The second-order valence-electron chi connectivity index (χ2n) is 4.15. The van der Waals surface area contributed by atoms with Gasteiger partial charge in [0.05, 0.1) is 6.61 Å². The van der Waals surface area contributed by atoms with Crippen LogP contribution >= 0.6 is 11.6 Å². The van der Waals surface area contributed by atoms with Crippen LogP contribution in [0.1, 0.15) is 19.4 Å². The Kier molecular flexibility index (Phi) is 4.29. The molecule has 0 aliphatic carbocycles. The summed E-state index contributed by atoms with van der Waals surface area (Å²) in [6.45, 7) is 4.44. The molecule has 106 valence electrons. The maximum absolute atomic E-state index is 12.0. The fraction of sp³-hybridized carbons (Fsp3) is 0.286. The maximum atomic E-state index is 12.0. The summed E-state index contributed by atoms with van der Waals surface area (Å²) >= 11 is 5.96. The van der Waals surface area contributed by atoms with Gasteiger partial charge in [-0.05, 0) is 38.1 Å². The van der Waals surface area contributed by atoms with Gasteiger partial charge in [0.25, 0.3) is 5.91 Å². The number of ether oxygens (including phenoxy) is 1. The fourth-order valence-electron chi connectivity index (χ4n) is 1.93. The summed E-state index contributed by atoms with van der Waals surface area (Å²) in [6, 6.07) is 4.72. The standard InChI is InChI=1S/C14H15ClN2O3/c1-3-17-13(18)11(16-14(17)19)8-9-7-10(15)5-6-12(9)20-4-2/h5-8H,3-4H2,1-2H3,(H,16,19)/b11-8-. The lowest BCUT2D eigenvalue weighted by molar-refractivity contribution is -0.122. The minimum atomic E-state index is -0.413. The van der Waals surface area contributed by atoms with Crippen LogP contribution in [0.2, 0.25) is 5.02 Å². The van der Waals surface area contributed by atoms with Crippen LogP contribution in [0.4, 0.5) is 4.79 Å². The molecular formula is C14H15ClN2O3. The van der Waals surface area contributed by atoms with E-state index in [0.717, 1.165) is 4.90 Å². The Morgan fingerprint density at radius 1 is 1.35 bits per heavy atom. The van der Waals surface area contributed by atoms with E-state index in [4.69, 9.17) is 16.3 Å². The van der Waals surface area contributed by atoms with E-state index in [1.807, 2.05) is 6.92 Å². The van der Waals surface area contributed by atoms with Crippen LogP contribution in [0.5, 0.6) is 5.75 Å². The predicted octanol–water partition coefficient (Wildman–Crippen LogP) is 2.65. The molecule has 1 aliphatic heterocycles. The van der Waals surface area contributed by atoms with Gasteiger partial charge in [-0.25, -0.2) is 4.79 Å². The Hall–Kier alpha value is -2.01. The summed E-state index contributed by atoms with van der Waals surface area (Å²) < 4.78 is 5.48. The lowest BCUT2D eigenvalue weighted by atomic mass is 10.1. The number of nitrogens with zero attached hydrogens (tertiary/aromatic N) is 1. The van der Waals surface area contributed by atoms with Crippen molar-refractivity contribution in [3.05, 3.63) is 34.5 Å². The summed E-state index contributed by atoms with van der Waals surface area (Å²) in [5.74, 6) is 0.265. The molecule has 6 heteroatoms. The Balaban J connectivity index is 2.38. The number of nitrogens with one attached hydrogen (secondary N) is 1. The molecule has 2 rings (SSSR count). The molecule has 20 heavy (non-hydrogen) atoms. The van der Waals surface area contributed by atoms with Crippen LogP contribution in [-0.2, 0) is 4.79 Å². The number of amides is 3. The molecule has 0 saturated carbocycles. The minimum Gasteiger partial charge on any atom is -0.493 e. The number of hydrogen-bond donors (Lipinski definition) is 1. The second-order valence-corrected chi connectivity index (χ2v) is 4.59. The van der Waals surface area contributed by atoms with Crippen LogP contribution in [0, 0.1) is 0 Å². The van der Waals surface area contributed by atoms with E-state index in [9.17, 15) is 9.59 Å². The smallest absolute Gasteiger partial charge is 0.328 e. The van der Waals surface area contributed by atoms with E-state index in [1.165, 1.54) is 0 Å². The third kappa shape index (κ3) is 2.77. The number of carbonyl (C=O) groups is 2. The van der Waals surface area contributed by atoms with Gasteiger partial charge in [-0.1, -0.05) is 11.6 Å². The number of likely N-dealkylation sites (N-methyl/N-ethyl adjacent to an activating group) is 1. The highest BCUT2D eigenvalue weighted by molar-refractivity contribution is 6.30. The Bertz CT molecular complexity index is 584. The van der Waals surface area contributed by atoms with Crippen LogP contribution in [0.25, 0.3) is 6.08 Å². The first kappa shape index (κ1) is 14.4. The predicted molar refractivity (Wildman–Crippen MR) is 76.5 cm³/mol.